The van der Waals surface area contributed by atoms with Crippen LogP contribution < -0.4 is 5.32 Å². The highest BCUT2D eigenvalue weighted by atomic mass is 19.1. The molecule has 4 nitrogen and oxygen atoms in total. The molecular weight excluding hydrogens is 393 g/mol. The molecule has 1 amide bonds. The van der Waals surface area contributed by atoms with Gasteiger partial charge in [-0.15, -0.1) is 0 Å². The molecule has 0 aliphatic rings. The molecule has 0 spiro atoms. The molecule has 1 heterocycles. The highest BCUT2D eigenvalue weighted by molar-refractivity contribution is 6.11. The van der Waals surface area contributed by atoms with Crippen LogP contribution in [0.1, 0.15) is 43.1 Å². The Hall–Kier alpha value is -3.34. The molecule has 0 saturated carbocycles. The Kier molecular flexibility index (Phi) is 6.95. The van der Waals surface area contributed by atoms with E-state index in [1.807, 2.05) is 25.1 Å². The van der Waals surface area contributed by atoms with Crippen LogP contribution in [0.25, 0.3) is 27.9 Å². The zero-order chi connectivity index (χ0) is 22.5. The number of amides is 1. The van der Waals surface area contributed by atoms with Gasteiger partial charge in [-0.05, 0) is 72.9 Å². The second-order valence-electron chi connectivity index (χ2n) is 7.83. The number of carbonyl (C=O) groups is 1. The highest BCUT2D eigenvalue weighted by Gasteiger charge is 2.22. The van der Waals surface area contributed by atoms with Crippen molar-refractivity contribution in [3.05, 3.63) is 77.8 Å². The lowest BCUT2D eigenvalue weighted by molar-refractivity contribution is 0.0964. The minimum atomic E-state index is -0.348. The van der Waals surface area contributed by atoms with E-state index in [2.05, 4.69) is 25.7 Å². The Morgan fingerprint density at radius 3 is 2.55 bits per heavy atom. The van der Waals surface area contributed by atoms with Gasteiger partial charge in [0.1, 0.15) is 22.9 Å². The maximum Gasteiger partial charge on any atom is 0.255 e. The Morgan fingerprint density at radius 1 is 1.23 bits per heavy atom. The van der Waals surface area contributed by atoms with E-state index < -0.39 is 0 Å². The number of furan rings is 1. The summed E-state index contributed by atoms with van der Waals surface area (Å²) in [4.78, 5) is 12.7. The van der Waals surface area contributed by atoms with Gasteiger partial charge in [-0.3, -0.25) is 4.79 Å². The Labute approximate surface area is 182 Å². The van der Waals surface area contributed by atoms with Crippen molar-refractivity contribution in [3.8, 4) is 11.3 Å². The first-order valence-electron chi connectivity index (χ1n) is 10.4. The first kappa shape index (κ1) is 22.3. The third-order valence-electron chi connectivity index (χ3n) is 5.19. The molecule has 3 rings (SSSR count). The van der Waals surface area contributed by atoms with Crippen LogP contribution in [-0.4, -0.2) is 19.6 Å². The van der Waals surface area contributed by atoms with Crippen LogP contribution in [0.2, 0.25) is 0 Å². The van der Waals surface area contributed by atoms with E-state index in [1.54, 1.807) is 25.3 Å². The molecule has 0 aliphatic carbocycles. The zero-order valence-electron chi connectivity index (χ0n) is 18.4. The smallest absolute Gasteiger partial charge is 0.255 e. The molecular formula is C26H28FNO3. The van der Waals surface area contributed by atoms with E-state index >= 15 is 0 Å². The van der Waals surface area contributed by atoms with Gasteiger partial charge in [0.15, 0.2) is 0 Å². The summed E-state index contributed by atoms with van der Waals surface area (Å²) in [5.74, 6) is 1.05. The van der Waals surface area contributed by atoms with Crippen molar-refractivity contribution in [1.82, 2.24) is 5.32 Å². The lowest BCUT2D eigenvalue weighted by atomic mass is 10.00. The van der Waals surface area contributed by atoms with Gasteiger partial charge in [0.25, 0.3) is 5.91 Å². The summed E-state index contributed by atoms with van der Waals surface area (Å²) >= 11 is 0. The van der Waals surface area contributed by atoms with E-state index in [-0.39, 0.29) is 11.7 Å². The Morgan fingerprint density at radius 2 is 1.94 bits per heavy atom. The molecule has 162 valence electrons. The first-order chi connectivity index (χ1) is 14.8. The molecule has 1 N–H and O–H groups in total. The molecule has 0 bridgehead atoms. The average Bonchev–Trinajstić information content (AvgIpc) is 3.14. The summed E-state index contributed by atoms with van der Waals surface area (Å²) in [6.45, 7) is 10.8. The van der Waals surface area contributed by atoms with Gasteiger partial charge in [0, 0.05) is 18.0 Å². The second kappa shape index (κ2) is 9.65. The van der Waals surface area contributed by atoms with Crippen molar-refractivity contribution < 1.29 is 18.3 Å². The number of hydrogen-bond acceptors (Lipinski definition) is 3. The molecule has 31 heavy (non-hydrogen) atoms. The van der Waals surface area contributed by atoms with Gasteiger partial charge in [-0.25, -0.2) is 4.39 Å². The van der Waals surface area contributed by atoms with Gasteiger partial charge in [0.05, 0.1) is 12.2 Å². The van der Waals surface area contributed by atoms with E-state index in [4.69, 9.17) is 9.15 Å². The number of benzene rings is 2. The molecule has 0 aliphatic heterocycles. The number of nitrogens with one attached hydrogen (secondary N) is 1. The molecule has 0 unspecified atom stereocenters. The molecule has 3 aromatic rings. The SMILES string of the molecule is C=C/C(OCCC(C)C)=C(\C)c1ccc2oc(-c3ccc(F)cc3)c(C(=O)NC)c2c1. The first-order valence-corrected chi connectivity index (χ1v) is 10.4. The van der Waals surface area contributed by atoms with Crippen LogP contribution in [-0.2, 0) is 4.74 Å². The fourth-order valence-electron chi connectivity index (χ4n) is 3.35. The van der Waals surface area contributed by atoms with Gasteiger partial charge in [-0.2, -0.15) is 0 Å². The minimum absolute atomic E-state index is 0.269. The van der Waals surface area contributed by atoms with Crippen LogP contribution in [0.3, 0.4) is 0 Å². The predicted octanol–water partition coefficient (Wildman–Crippen LogP) is 6.58. The van der Waals surface area contributed by atoms with E-state index in [0.717, 1.165) is 17.6 Å². The minimum Gasteiger partial charge on any atom is -0.493 e. The van der Waals surface area contributed by atoms with Crippen molar-refractivity contribution in [2.24, 2.45) is 5.92 Å². The van der Waals surface area contributed by atoms with Crippen molar-refractivity contribution >= 4 is 22.4 Å². The van der Waals surface area contributed by atoms with Crippen LogP contribution >= 0.6 is 0 Å². The van der Waals surface area contributed by atoms with Crippen molar-refractivity contribution in [1.29, 1.82) is 0 Å². The largest absolute Gasteiger partial charge is 0.493 e. The maximum atomic E-state index is 13.4. The average molecular weight is 422 g/mol. The second-order valence-corrected chi connectivity index (χ2v) is 7.83. The van der Waals surface area contributed by atoms with Crippen LogP contribution in [0.4, 0.5) is 4.39 Å². The number of hydrogen-bond donors (Lipinski definition) is 1. The fourth-order valence-corrected chi connectivity index (χ4v) is 3.35. The maximum absolute atomic E-state index is 13.4. The zero-order valence-corrected chi connectivity index (χ0v) is 18.4. The van der Waals surface area contributed by atoms with Gasteiger partial charge < -0.3 is 14.5 Å². The van der Waals surface area contributed by atoms with Gasteiger partial charge in [0.2, 0.25) is 0 Å². The third-order valence-corrected chi connectivity index (χ3v) is 5.19. The lowest BCUT2D eigenvalue weighted by Gasteiger charge is -2.12. The van der Waals surface area contributed by atoms with Crippen molar-refractivity contribution in [3.63, 3.8) is 0 Å². The standard InChI is InChI=1S/C26H28FNO3/c1-6-22(30-14-13-16(2)3)17(4)19-9-12-23-21(15-19)24(26(29)28-5)25(31-23)18-7-10-20(27)11-8-18/h6-12,15-16H,1,13-14H2,2-5H3,(H,28,29)/b22-17-. The molecule has 0 fully saturated rings. The molecule has 0 saturated heterocycles. The summed E-state index contributed by atoms with van der Waals surface area (Å²) < 4.78 is 25.3. The Bertz CT molecular complexity index is 1120. The lowest BCUT2D eigenvalue weighted by Crippen LogP contribution is -2.18. The predicted molar refractivity (Wildman–Crippen MR) is 123 cm³/mol. The van der Waals surface area contributed by atoms with Crippen molar-refractivity contribution in [2.45, 2.75) is 27.2 Å². The quantitative estimate of drug-likeness (QED) is 0.330. The molecule has 0 atom stereocenters. The number of fused-ring (bicyclic) bond motifs is 1. The molecule has 2 aromatic carbocycles. The summed E-state index contributed by atoms with van der Waals surface area (Å²) in [6.07, 6.45) is 2.66. The molecule has 1 aromatic heterocycles. The number of halogens is 1. The third kappa shape index (κ3) is 4.88. The topological polar surface area (TPSA) is 51.5 Å². The highest BCUT2D eigenvalue weighted by Crippen LogP contribution is 2.35. The van der Waals surface area contributed by atoms with Crippen LogP contribution in [0.15, 0.2) is 65.3 Å². The van der Waals surface area contributed by atoms with E-state index in [0.29, 0.717) is 46.1 Å². The molecule has 5 heteroatoms. The number of rotatable bonds is 8. The molecule has 0 radical (unpaired) electrons. The van der Waals surface area contributed by atoms with Crippen molar-refractivity contribution in [2.75, 3.05) is 13.7 Å². The van der Waals surface area contributed by atoms with Gasteiger partial charge >= 0.3 is 0 Å². The summed E-state index contributed by atoms with van der Waals surface area (Å²) in [6, 6.07) is 11.6. The van der Waals surface area contributed by atoms with E-state index in [1.165, 1.54) is 12.1 Å². The van der Waals surface area contributed by atoms with Gasteiger partial charge in [-0.1, -0.05) is 26.5 Å². The monoisotopic (exact) mass is 421 g/mol. The fraction of sp³-hybridized carbons (Fsp3) is 0.269. The number of carbonyl (C=O) groups excluding carboxylic acids is 1. The number of allylic oxidation sites excluding steroid dienone is 2. The number of ether oxygens (including phenoxy) is 1. The van der Waals surface area contributed by atoms with Crippen LogP contribution in [0, 0.1) is 11.7 Å². The van der Waals surface area contributed by atoms with Crippen LogP contribution in [0.5, 0.6) is 0 Å². The van der Waals surface area contributed by atoms with E-state index in [9.17, 15) is 9.18 Å². The Balaban J connectivity index is 2.10. The normalized spacial score (nSPS) is 12.1. The summed E-state index contributed by atoms with van der Waals surface area (Å²) in [7, 11) is 1.57. The summed E-state index contributed by atoms with van der Waals surface area (Å²) in [5.41, 5.74) is 3.46. The summed E-state index contributed by atoms with van der Waals surface area (Å²) in [5, 5.41) is 3.36.